The molecule has 33 heavy (non-hydrogen) atoms. The number of hydrogen-bond acceptors (Lipinski definition) is 6. The van der Waals surface area contributed by atoms with Crippen LogP contribution in [-0.4, -0.2) is 53.2 Å². The lowest BCUT2D eigenvalue weighted by Gasteiger charge is -2.27. The van der Waals surface area contributed by atoms with Gasteiger partial charge in [-0.05, 0) is 37.1 Å². The second kappa shape index (κ2) is 9.97. The number of nitrogens with one attached hydrogen (secondary N) is 1. The van der Waals surface area contributed by atoms with Crippen molar-refractivity contribution in [1.82, 2.24) is 14.7 Å². The average Bonchev–Trinajstić information content (AvgIpc) is 3.14. The molecule has 1 aromatic heterocycles. The Morgan fingerprint density at radius 1 is 1.18 bits per heavy atom. The first kappa shape index (κ1) is 22.7. The lowest BCUT2D eigenvalue weighted by Crippen LogP contribution is -2.35. The van der Waals surface area contributed by atoms with Crippen LogP contribution in [0, 0.1) is 6.92 Å². The molecule has 0 aliphatic carbocycles. The van der Waals surface area contributed by atoms with E-state index in [0.717, 1.165) is 23.4 Å². The topological polar surface area (TPSA) is 102 Å². The highest BCUT2D eigenvalue weighted by Gasteiger charge is 2.30. The van der Waals surface area contributed by atoms with Crippen LogP contribution >= 0.6 is 0 Å². The number of anilines is 1. The van der Waals surface area contributed by atoms with Crippen molar-refractivity contribution in [3.05, 3.63) is 76.6 Å². The average molecular weight is 448 g/mol. The fourth-order valence-electron chi connectivity index (χ4n) is 4.27. The molecule has 8 nitrogen and oxygen atoms in total. The number of carbonyl (C=O) groups excluding carboxylic acids is 2. The van der Waals surface area contributed by atoms with Gasteiger partial charge in [-0.2, -0.15) is 5.10 Å². The third-order valence-electron chi connectivity index (χ3n) is 5.78. The number of fused-ring (bicyclic) bond motifs is 1. The van der Waals surface area contributed by atoms with E-state index < -0.39 is 5.91 Å². The van der Waals surface area contributed by atoms with E-state index in [4.69, 9.17) is 10.5 Å². The standard InChI is InChI=1S/C25H29N5O3/c1-17-24-22(15-29(16-23(24)31)14-18-7-4-3-5-8-18)30(28-17)19-9-10-20(25(26)32)21(13-19)27-11-6-12-33-2/h3-5,7-10,13,27H,6,11-12,14-16H2,1-2H3,(H2,26,32). The molecule has 1 amide bonds. The number of ketones is 1. The van der Waals surface area contributed by atoms with Crippen molar-refractivity contribution >= 4 is 17.4 Å². The molecule has 0 radical (unpaired) electrons. The van der Waals surface area contributed by atoms with Crippen LogP contribution in [0.5, 0.6) is 0 Å². The van der Waals surface area contributed by atoms with Gasteiger partial charge in [0.1, 0.15) is 0 Å². The zero-order valence-corrected chi connectivity index (χ0v) is 19.0. The fourth-order valence-corrected chi connectivity index (χ4v) is 4.27. The molecule has 0 saturated carbocycles. The van der Waals surface area contributed by atoms with Gasteiger partial charge in [-0.15, -0.1) is 0 Å². The maximum absolute atomic E-state index is 13.0. The molecule has 172 valence electrons. The Morgan fingerprint density at radius 3 is 2.70 bits per heavy atom. The summed E-state index contributed by atoms with van der Waals surface area (Å²) in [6.07, 6.45) is 0.790. The van der Waals surface area contributed by atoms with E-state index in [-0.39, 0.29) is 5.78 Å². The van der Waals surface area contributed by atoms with E-state index in [9.17, 15) is 9.59 Å². The molecule has 0 fully saturated rings. The largest absolute Gasteiger partial charge is 0.385 e. The molecular formula is C25H29N5O3. The Labute approximate surface area is 193 Å². The quantitative estimate of drug-likeness (QED) is 0.489. The SMILES string of the molecule is COCCCNc1cc(-n2nc(C)c3c2CN(Cc2ccccc2)CC3=O)ccc1C(N)=O. The molecule has 0 spiro atoms. The third kappa shape index (κ3) is 4.97. The highest BCUT2D eigenvalue weighted by molar-refractivity contribution is 6.01. The van der Waals surface area contributed by atoms with Crippen molar-refractivity contribution in [1.29, 1.82) is 0 Å². The molecule has 0 bridgehead atoms. The summed E-state index contributed by atoms with van der Waals surface area (Å²) in [4.78, 5) is 27.0. The van der Waals surface area contributed by atoms with E-state index in [0.29, 0.717) is 55.3 Å². The van der Waals surface area contributed by atoms with E-state index in [1.165, 1.54) is 0 Å². The third-order valence-corrected chi connectivity index (χ3v) is 5.78. The summed E-state index contributed by atoms with van der Waals surface area (Å²) in [7, 11) is 1.65. The summed E-state index contributed by atoms with van der Waals surface area (Å²) in [5, 5.41) is 7.96. The summed E-state index contributed by atoms with van der Waals surface area (Å²) in [6, 6.07) is 15.5. The van der Waals surface area contributed by atoms with Crippen LogP contribution in [0.3, 0.4) is 0 Å². The number of hydrogen-bond donors (Lipinski definition) is 2. The van der Waals surface area contributed by atoms with Gasteiger partial charge in [0.25, 0.3) is 5.91 Å². The van der Waals surface area contributed by atoms with E-state index in [1.54, 1.807) is 13.2 Å². The minimum absolute atomic E-state index is 0.0719. The van der Waals surface area contributed by atoms with Crippen LogP contribution < -0.4 is 11.1 Å². The van der Waals surface area contributed by atoms with Crippen LogP contribution in [0.1, 0.15) is 44.1 Å². The lowest BCUT2D eigenvalue weighted by atomic mass is 10.0. The second-order valence-electron chi connectivity index (χ2n) is 8.24. The molecule has 1 aliphatic heterocycles. The number of aryl methyl sites for hydroxylation is 1. The van der Waals surface area contributed by atoms with Gasteiger partial charge in [0.2, 0.25) is 0 Å². The number of ether oxygens (including phenoxy) is 1. The summed E-state index contributed by atoms with van der Waals surface area (Å²) < 4.78 is 6.91. The fraction of sp³-hybridized carbons (Fsp3) is 0.320. The molecule has 4 rings (SSSR count). The molecule has 8 heteroatoms. The monoisotopic (exact) mass is 447 g/mol. The van der Waals surface area contributed by atoms with Gasteiger partial charge < -0.3 is 15.8 Å². The second-order valence-corrected chi connectivity index (χ2v) is 8.24. The van der Waals surface area contributed by atoms with Gasteiger partial charge in [-0.25, -0.2) is 4.68 Å². The van der Waals surface area contributed by atoms with Crippen LogP contribution in [-0.2, 0) is 17.8 Å². The van der Waals surface area contributed by atoms with Crippen LogP contribution in [0.25, 0.3) is 5.69 Å². The van der Waals surface area contributed by atoms with Crippen LogP contribution in [0.4, 0.5) is 5.69 Å². The Balaban J connectivity index is 1.66. The smallest absolute Gasteiger partial charge is 0.250 e. The highest BCUT2D eigenvalue weighted by Crippen LogP contribution is 2.28. The summed E-state index contributed by atoms with van der Waals surface area (Å²) >= 11 is 0. The first-order chi connectivity index (χ1) is 16.0. The minimum atomic E-state index is -0.501. The Morgan fingerprint density at radius 2 is 1.97 bits per heavy atom. The Bertz CT molecular complexity index is 1160. The summed E-state index contributed by atoms with van der Waals surface area (Å²) in [5.41, 5.74) is 10.8. The van der Waals surface area contributed by atoms with Crippen molar-refractivity contribution in [2.45, 2.75) is 26.4 Å². The van der Waals surface area contributed by atoms with E-state index in [1.807, 2.05) is 41.9 Å². The number of nitrogens with two attached hydrogens (primary N) is 1. The summed E-state index contributed by atoms with van der Waals surface area (Å²) in [6.45, 7) is 4.76. The number of rotatable bonds is 9. The first-order valence-electron chi connectivity index (χ1n) is 11.0. The molecule has 0 unspecified atom stereocenters. The van der Waals surface area contributed by atoms with Crippen LogP contribution in [0.2, 0.25) is 0 Å². The number of Topliss-reactive ketones (excluding diaryl/α,β-unsaturated/α-hetero) is 1. The Kier molecular flexibility index (Phi) is 6.86. The van der Waals surface area contributed by atoms with Crippen molar-refractivity contribution < 1.29 is 14.3 Å². The van der Waals surface area contributed by atoms with Gasteiger partial charge in [-0.3, -0.25) is 14.5 Å². The predicted octanol–water partition coefficient (Wildman–Crippen LogP) is 2.93. The number of benzene rings is 2. The van der Waals surface area contributed by atoms with Gasteiger partial charge >= 0.3 is 0 Å². The van der Waals surface area contributed by atoms with Gasteiger partial charge in [0.05, 0.1) is 34.7 Å². The molecule has 3 N–H and O–H groups in total. The maximum atomic E-state index is 13.0. The maximum Gasteiger partial charge on any atom is 0.250 e. The van der Waals surface area contributed by atoms with Gasteiger partial charge in [0.15, 0.2) is 5.78 Å². The van der Waals surface area contributed by atoms with Gasteiger partial charge in [-0.1, -0.05) is 30.3 Å². The minimum Gasteiger partial charge on any atom is -0.385 e. The molecule has 0 atom stereocenters. The molecule has 2 aromatic carbocycles. The normalized spacial score (nSPS) is 13.7. The highest BCUT2D eigenvalue weighted by atomic mass is 16.5. The van der Waals surface area contributed by atoms with Crippen molar-refractivity contribution in [2.75, 3.05) is 32.1 Å². The number of amides is 1. The predicted molar refractivity (Wildman–Crippen MR) is 127 cm³/mol. The number of nitrogens with zero attached hydrogens (tertiary/aromatic N) is 3. The number of aromatic nitrogens is 2. The number of carbonyl (C=O) groups is 2. The zero-order chi connectivity index (χ0) is 23.4. The van der Waals surface area contributed by atoms with Gasteiger partial charge in [0, 0.05) is 39.0 Å². The Hall–Kier alpha value is -3.49. The molecular weight excluding hydrogens is 418 g/mol. The molecule has 1 aliphatic rings. The summed E-state index contributed by atoms with van der Waals surface area (Å²) in [5.74, 6) is -0.429. The number of primary amides is 1. The number of methoxy groups -OCH3 is 1. The van der Waals surface area contributed by atoms with Crippen molar-refractivity contribution in [2.24, 2.45) is 5.73 Å². The zero-order valence-electron chi connectivity index (χ0n) is 19.0. The van der Waals surface area contributed by atoms with E-state index in [2.05, 4.69) is 27.4 Å². The van der Waals surface area contributed by atoms with E-state index >= 15 is 0 Å². The molecule has 3 aromatic rings. The lowest BCUT2D eigenvalue weighted by molar-refractivity contribution is 0.0891. The first-order valence-corrected chi connectivity index (χ1v) is 11.0. The molecule has 2 heterocycles. The molecule has 0 saturated heterocycles. The van der Waals surface area contributed by atoms with Crippen LogP contribution in [0.15, 0.2) is 48.5 Å². The van der Waals surface area contributed by atoms with Crippen molar-refractivity contribution in [3.8, 4) is 5.69 Å². The van der Waals surface area contributed by atoms with Crippen molar-refractivity contribution in [3.63, 3.8) is 0 Å².